The van der Waals surface area contributed by atoms with E-state index in [1.807, 2.05) is 7.05 Å². The molecule has 1 fully saturated rings. The van der Waals surface area contributed by atoms with Gasteiger partial charge in [-0.25, -0.2) is 0 Å². The molecule has 0 aromatic heterocycles. The molecule has 1 saturated heterocycles. The minimum atomic E-state index is 0. The Morgan fingerprint density at radius 2 is 2.00 bits per heavy atom. The van der Waals surface area contributed by atoms with Crippen LogP contribution in [0.4, 0.5) is 0 Å². The van der Waals surface area contributed by atoms with Crippen molar-refractivity contribution in [3.8, 4) is 0 Å². The molecular weight excluding hydrogens is 435 g/mol. The highest BCUT2D eigenvalue weighted by atomic mass is 127. The van der Waals surface area contributed by atoms with Crippen LogP contribution in [0.5, 0.6) is 0 Å². The predicted molar refractivity (Wildman–Crippen MR) is 122 cm³/mol. The lowest BCUT2D eigenvalue weighted by molar-refractivity contribution is 0.210. The number of nitrogens with one attached hydrogen (secondary N) is 2. The van der Waals surface area contributed by atoms with Crippen molar-refractivity contribution in [2.45, 2.75) is 25.8 Å². The van der Waals surface area contributed by atoms with E-state index < -0.39 is 0 Å². The number of likely N-dealkylation sites (tertiary alicyclic amines) is 1. The van der Waals surface area contributed by atoms with Gasteiger partial charge in [0.2, 0.25) is 0 Å². The average Bonchev–Trinajstić information content (AvgIpc) is 2.64. The number of rotatable bonds is 4. The number of piperidine rings is 1. The fraction of sp³-hybridized carbons (Fsp3) is 0.476. The first kappa shape index (κ1) is 21.0. The van der Waals surface area contributed by atoms with Gasteiger partial charge in [-0.1, -0.05) is 36.4 Å². The minimum Gasteiger partial charge on any atom is -0.356 e. The standard InChI is InChI=1S/C21H30N4.HI/c1-16(19-11-10-18-8-4-5-9-20(18)13-19)24-21(22-2)23-14-17-7-6-12-25(3)15-17;/h4-5,8-11,13,16-17H,6-7,12,14-15H2,1-3H3,(H2,22,23,24);1H. The molecule has 2 atom stereocenters. The molecule has 1 aliphatic rings. The second-order valence-corrected chi connectivity index (χ2v) is 7.20. The maximum absolute atomic E-state index is 4.40. The summed E-state index contributed by atoms with van der Waals surface area (Å²) in [5.74, 6) is 1.59. The molecule has 0 amide bonds. The van der Waals surface area contributed by atoms with Gasteiger partial charge in [0, 0.05) is 20.1 Å². The first-order chi connectivity index (χ1) is 12.2. The van der Waals surface area contributed by atoms with Gasteiger partial charge in [-0.3, -0.25) is 4.99 Å². The average molecular weight is 466 g/mol. The molecule has 2 aromatic carbocycles. The fourth-order valence-corrected chi connectivity index (χ4v) is 3.64. The first-order valence-corrected chi connectivity index (χ1v) is 9.30. The van der Waals surface area contributed by atoms with Gasteiger partial charge in [0.05, 0.1) is 6.04 Å². The first-order valence-electron chi connectivity index (χ1n) is 9.30. The number of hydrogen-bond donors (Lipinski definition) is 2. The zero-order valence-electron chi connectivity index (χ0n) is 16.0. The second-order valence-electron chi connectivity index (χ2n) is 7.20. The van der Waals surface area contributed by atoms with Gasteiger partial charge >= 0.3 is 0 Å². The third-order valence-corrected chi connectivity index (χ3v) is 5.13. The van der Waals surface area contributed by atoms with E-state index in [1.54, 1.807) is 0 Å². The summed E-state index contributed by atoms with van der Waals surface area (Å²) in [7, 11) is 4.05. The second kappa shape index (κ2) is 10.1. The Kier molecular flexibility index (Phi) is 8.15. The highest BCUT2D eigenvalue weighted by molar-refractivity contribution is 14.0. The van der Waals surface area contributed by atoms with Crippen molar-refractivity contribution in [3.63, 3.8) is 0 Å². The molecule has 3 rings (SSSR count). The minimum absolute atomic E-state index is 0. The summed E-state index contributed by atoms with van der Waals surface area (Å²) in [5, 5.41) is 9.59. The molecule has 1 aliphatic heterocycles. The molecule has 2 N–H and O–H groups in total. The maximum atomic E-state index is 4.40. The smallest absolute Gasteiger partial charge is 0.191 e. The Hall–Kier alpha value is -1.34. The van der Waals surface area contributed by atoms with Gasteiger partial charge in [0.1, 0.15) is 0 Å². The molecular formula is C21H31IN4. The predicted octanol–water partition coefficient (Wildman–Crippen LogP) is 4.03. The number of halogens is 1. The van der Waals surface area contributed by atoms with E-state index >= 15 is 0 Å². The Balaban J connectivity index is 0.00000243. The molecule has 142 valence electrons. The molecule has 2 unspecified atom stereocenters. The third-order valence-electron chi connectivity index (χ3n) is 5.13. The topological polar surface area (TPSA) is 39.7 Å². The third kappa shape index (κ3) is 5.58. The Labute approximate surface area is 174 Å². The van der Waals surface area contributed by atoms with E-state index in [0.717, 1.165) is 12.5 Å². The van der Waals surface area contributed by atoms with Crippen LogP contribution in [0.1, 0.15) is 31.4 Å². The van der Waals surface area contributed by atoms with Crippen molar-refractivity contribution in [1.29, 1.82) is 0 Å². The lowest BCUT2D eigenvalue weighted by Crippen LogP contribution is -2.44. The molecule has 5 heteroatoms. The fourth-order valence-electron chi connectivity index (χ4n) is 3.64. The molecule has 0 aliphatic carbocycles. The number of fused-ring (bicyclic) bond motifs is 1. The SMILES string of the molecule is CN=C(NCC1CCCN(C)C1)NC(C)c1ccc2ccccc2c1.I. The van der Waals surface area contributed by atoms with E-state index in [-0.39, 0.29) is 30.0 Å². The Morgan fingerprint density at radius 3 is 2.73 bits per heavy atom. The number of nitrogens with zero attached hydrogens (tertiary/aromatic N) is 2. The number of hydrogen-bond acceptors (Lipinski definition) is 2. The highest BCUT2D eigenvalue weighted by Gasteiger charge is 2.17. The van der Waals surface area contributed by atoms with E-state index in [9.17, 15) is 0 Å². The van der Waals surface area contributed by atoms with Crippen LogP contribution in [0, 0.1) is 5.92 Å². The van der Waals surface area contributed by atoms with Crippen molar-refractivity contribution in [1.82, 2.24) is 15.5 Å². The van der Waals surface area contributed by atoms with Gasteiger partial charge in [0.25, 0.3) is 0 Å². The zero-order chi connectivity index (χ0) is 17.6. The van der Waals surface area contributed by atoms with E-state index in [4.69, 9.17) is 0 Å². The lowest BCUT2D eigenvalue weighted by atomic mass is 9.98. The molecule has 0 spiro atoms. The van der Waals surface area contributed by atoms with Crippen molar-refractivity contribution >= 4 is 40.7 Å². The summed E-state index contributed by atoms with van der Waals surface area (Å²) in [6.07, 6.45) is 2.59. The molecule has 26 heavy (non-hydrogen) atoms. The van der Waals surface area contributed by atoms with Crippen LogP contribution >= 0.6 is 24.0 Å². The summed E-state index contributed by atoms with van der Waals surface area (Å²) in [5.41, 5.74) is 1.28. The van der Waals surface area contributed by atoms with Gasteiger partial charge in [-0.05, 0) is 61.7 Å². The summed E-state index contributed by atoms with van der Waals surface area (Å²) >= 11 is 0. The van der Waals surface area contributed by atoms with Crippen LogP contribution in [0.15, 0.2) is 47.5 Å². The summed E-state index contributed by atoms with van der Waals surface area (Å²) in [6, 6.07) is 15.3. The Bertz CT molecular complexity index is 731. The molecule has 1 heterocycles. The normalized spacial score (nSPS) is 19.7. The van der Waals surface area contributed by atoms with Gasteiger partial charge in [0.15, 0.2) is 5.96 Å². The number of aliphatic imine (C=N–C) groups is 1. The van der Waals surface area contributed by atoms with Crippen LogP contribution in [0.2, 0.25) is 0 Å². The van der Waals surface area contributed by atoms with E-state index in [1.165, 1.54) is 42.3 Å². The molecule has 2 aromatic rings. The zero-order valence-corrected chi connectivity index (χ0v) is 18.4. The highest BCUT2D eigenvalue weighted by Crippen LogP contribution is 2.20. The van der Waals surface area contributed by atoms with Crippen LogP contribution in [-0.2, 0) is 0 Å². The van der Waals surface area contributed by atoms with Crippen molar-refractivity contribution < 1.29 is 0 Å². The van der Waals surface area contributed by atoms with E-state index in [0.29, 0.717) is 5.92 Å². The number of benzene rings is 2. The largest absolute Gasteiger partial charge is 0.356 e. The molecule has 4 nitrogen and oxygen atoms in total. The van der Waals surface area contributed by atoms with Gasteiger partial charge in [-0.2, -0.15) is 0 Å². The van der Waals surface area contributed by atoms with Crippen molar-refractivity contribution in [3.05, 3.63) is 48.0 Å². The summed E-state index contributed by atoms with van der Waals surface area (Å²) in [4.78, 5) is 6.82. The summed E-state index contributed by atoms with van der Waals surface area (Å²) < 4.78 is 0. The van der Waals surface area contributed by atoms with Crippen LogP contribution in [0.25, 0.3) is 10.8 Å². The quantitative estimate of drug-likeness (QED) is 0.406. The maximum Gasteiger partial charge on any atom is 0.191 e. The van der Waals surface area contributed by atoms with Crippen LogP contribution in [-0.4, -0.2) is 44.6 Å². The van der Waals surface area contributed by atoms with Gasteiger partial charge < -0.3 is 15.5 Å². The lowest BCUT2D eigenvalue weighted by Gasteiger charge is -2.30. The Morgan fingerprint density at radius 1 is 1.23 bits per heavy atom. The van der Waals surface area contributed by atoms with Crippen LogP contribution < -0.4 is 10.6 Å². The molecule has 0 bridgehead atoms. The van der Waals surface area contributed by atoms with Gasteiger partial charge in [-0.15, -0.1) is 24.0 Å². The summed E-state index contributed by atoms with van der Waals surface area (Å²) in [6.45, 7) is 5.56. The van der Waals surface area contributed by atoms with Crippen molar-refractivity contribution in [2.75, 3.05) is 33.7 Å². The van der Waals surface area contributed by atoms with E-state index in [2.05, 4.69) is 77.0 Å². The monoisotopic (exact) mass is 466 g/mol. The number of guanidine groups is 1. The van der Waals surface area contributed by atoms with Crippen molar-refractivity contribution in [2.24, 2.45) is 10.9 Å². The van der Waals surface area contributed by atoms with Crippen LogP contribution in [0.3, 0.4) is 0 Å². The molecule has 0 saturated carbocycles. The molecule has 0 radical (unpaired) electrons.